The molecule has 0 spiro atoms. The molecule has 0 amide bonds. The van der Waals surface area contributed by atoms with Crippen molar-refractivity contribution in [1.29, 1.82) is 0 Å². The van der Waals surface area contributed by atoms with Crippen molar-refractivity contribution in [3.8, 4) is 0 Å². The lowest BCUT2D eigenvalue weighted by Gasteiger charge is -2.43. The van der Waals surface area contributed by atoms with Crippen molar-refractivity contribution in [2.24, 2.45) is 0 Å². The Labute approximate surface area is 114 Å². The van der Waals surface area contributed by atoms with Gasteiger partial charge in [-0.15, -0.1) is 0 Å². The van der Waals surface area contributed by atoms with Crippen molar-refractivity contribution in [2.45, 2.75) is 25.9 Å². The summed E-state index contributed by atoms with van der Waals surface area (Å²) in [6.45, 7) is 8.49. The number of benzene rings is 1. The van der Waals surface area contributed by atoms with Gasteiger partial charge in [0, 0.05) is 25.7 Å². The minimum Gasteiger partial charge on any atom is -0.394 e. The lowest BCUT2D eigenvalue weighted by molar-refractivity contribution is 0.0271. The molecule has 2 atom stereocenters. The molecule has 0 bridgehead atoms. The van der Waals surface area contributed by atoms with Gasteiger partial charge in [0.25, 0.3) is 0 Å². The number of hydrogen-bond acceptors (Lipinski definition) is 3. The second-order valence-electron chi connectivity index (χ2n) is 5.23. The molecule has 1 aliphatic heterocycles. The van der Waals surface area contributed by atoms with E-state index in [1.165, 1.54) is 12.1 Å². The van der Waals surface area contributed by atoms with Crippen molar-refractivity contribution in [3.05, 3.63) is 35.6 Å². The number of rotatable bonds is 4. The molecule has 0 radical (unpaired) electrons. The SMILES string of the molecule is CCN1CCN(C(CO)c2ccc(F)cc2)C(C)C1. The lowest BCUT2D eigenvalue weighted by Crippen LogP contribution is -2.53. The normalized spacial score (nSPS) is 23.5. The highest BCUT2D eigenvalue weighted by atomic mass is 19.1. The van der Waals surface area contributed by atoms with Crippen molar-refractivity contribution in [1.82, 2.24) is 9.80 Å². The number of aliphatic hydroxyl groups excluding tert-OH is 1. The smallest absolute Gasteiger partial charge is 0.123 e. The first-order valence-corrected chi connectivity index (χ1v) is 7.00. The first-order valence-electron chi connectivity index (χ1n) is 7.00. The summed E-state index contributed by atoms with van der Waals surface area (Å²) < 4.78 is 13.0. The van der Waals surface area contributed by atoms with Crippen LogP contribution in [0.1, 0.15) is 25.5 Å². The summed E-state index contributed by atoms with van der Waals surface area (Å²) in [5.41, 5.74) is 0.987. The van der Waals surface area contributed by atoms with Gasteiger partial charge >= 0.3 is 0 Å². The van der Waals surface area contributed by atoms with Crippen LogP contribution in [0.5, 0.6) is 0 Å². The van der Waals surface area contributed by atoms with Gasteiger partial charge in [0.05, 0.1) is 12.6 Å². The van der Waals surface area contributed by atoms with Gasteiger partial charge in [-0.25, -0.2) is 4.39 Å². The fraction of sp³-hybridized carbons (Fsp3) is 0.600. The largest absolute Gasteiger partial charge is 0.394 e. The monoisotopic (exact) mass is 266 g/mol. The van der Waals surface area contributed by atoms with Crippen LogP contribution in [0, 0.1) is 5.82 Å². The number of aliphatic hydroxyl groups is 1. The van der Waals surface area contributed by atoms with Gasteiger partial charge in [0.2, 0.25) is 0 Å². The highest BCUT2D eigenvalue weighted by Crippen LogP contribution is 2.25. The molecule has 106 valence electrons. The Hall–Kier alpha value is -0.970. The number of hydrogen-bond donors (Lipinski definition) is 1. The fourth-order valence-corrected chi connectivity index (χ4v) is 2.88. The van der Waals surface area contributed by atoms with Crippen LogP contribution in [0.2, 0.25) is 0 Å². The zero-order valence-electron chi connectivity index (χ0n) is 11.7. The lowest BCUT2D eigenvalue weighted by atomic mass is 10.0. The van der Waals surface area contributed by atoms with E-state index in [0.29, 0.717) is 6.04 Å². The van der Waals surface area contributed by atoms with Gasteiger partial charge in [0.1, 0.15) is 5.82 Å². The number of nitrogens with zero attached hydrogens (tertiary/aromatic N) is 2. The van der Waals surface area contributed by atoms with Gasteiger partial charge in [-0.1, -0.05) is 19.1 Å². The molecule has 19 heavy (non-hydrogen) atoms. The Morgan fingerprint density at radius 2 is 2.00 bits per heavy atom. The van der Waals surface area contributed by atoms with Crippen LogP contribution in [0.25, 0.3) is 0 Å². The Balaban J connectivity index is 2.11. The van der Waals surface area contributed by atoms with Crippen LogP contribution in [-0.2, 0) is 0 Å². The number of piperazine rings is 1. The topological polar surface area (TPSA) is 26.7 Å². The average molecular weight is 266 g/mol. The molecule has 0 aromatic heterocycles. The van der Waals surface area contributed by atoms with Crippen LogP contribution in [0.4, 0.5) is 4.39 Å². The molecule has 3 nitrogen and oxygen atoms in total. The average Bonchev–Trinajstić information content (AvgIpc) is 2.43. The molecule has 1 aliphatic rings. The maximum absolute atomic E-state index is 13.0. The van der Waals surface area contributed by atoms with E-state index in [-0.39, 0.29) is 18.5 Å². The van der Waals surface area contributed by atoms with Crippen LogP contribution in [-0.4, -0.2) is 53.7 Å². The quantitative estimate of drug-likeness (QED) is 0.901. The van der Waals surface area contributed by atoms with Crippen molar-refractivity contribution in [2.75, 3.05) is 32.8 Å². The molecule has 1 N–H and O–H groups in total. The van der Waals surface area contributed by atoms with Crippen LogP contribution in [0.15, 0.2) is 24.3 Å². The first-order chi connectivity index (χ1) is 9.15. The number of likely N-dealkylation sites (N-methyl/N-ethyl adjacent to an activating group) is 1. The van der Waals surface area contributed by atoms with Crippen molar-refractivity contribution in [3.63, 3.8) is 0 Å². The summed E-state index contributed by atoms with van der Waals surface area (Å²) in [5, 5.41) is 9.69. The zero-order valence-corrected chi connectivity index (χ0v) is 11.7. The second-order valence-corrected chi connectivity index (χ2v) is 5.23. The van der Waals surface area contributed by atoms with E-state index < -0.39 is 0 Å². The van der Waals surface area contributed by atoms with Crippen molar-refractivity contribution < 1.29 is 9.50 Å². The minimum atomic E-state index is -0.232. The van der Waals surface area contributed by atoms with E-state index in [9.17, 15) is 9.50 Å². The van der Waals surface area contributed by atoms with Gasteiger partial charge < -0.3 is 10.0 Å². The Kier molecular flexibility index (Phi) is 4.91. The second kappa shape index (κ2) is 6.46. The maximum atomic E-state index is 13.0. The fourth-order valence-electron chi connectivity index (χ4n) is 2.88. The summed E-state index contributed by atoms with van der Waals surface area (Å²) >= 11 is 0. The van der Waals surface area contributed by atoms with E-state index in [4.69, 9.17) is 0 Å². The molecule has 4 heteroatoms. The standard InChI is InChI=1S/C15H23FN2O/c1-3-17-8-9-18(12(2)10-17)15(11-19)13-4-6-14(16)7-5-13/h4-7,12,15,19H,3,8-11H2,1-2H3. The van der Waals surface area contributed by atoms with Crippen molar-refractivity contribution >= 4 is 0 Å². The van der Waals surface area contributed by atoms with E-state index in [1.54, 1.807) is 12.1 Å². The Bertz CT molecular complexity index is 396. The van der Waals surface area contributed by atoms with E-state index in [2.05, 4.69) is 23.6 Å². The predicted molar refractivity (Wildman–Crippen MR) is 74.5 cm³/mol. The number of halogens is 1. The highest BCUT2D eigenvalue weighted by molar-refractivity contribution is 5.20. The van der Waals surface area contributed by atoms with Gasteiger partial charge in [-0.3, -0.25) is 4.90 Å². The molecule has 1 fully saturated rings. The van der Waals surface area contributed by atoms with E-state index in [1.807, 2.05) is 0 Å². The molecule has 1 saturated heterocycles. The van der Waals surface area contributed by atoms with E-state index in [0.717, 1.165) is 31.7 Å². The summed E-state index contributed by atoms with van der Waals surface area (Å²) in [7, 11) is 0. The molecule has 0 aliphatic carbocycles. The van der Waals surface area contributed by atoms with Crippen LogP contribution < -0.4 is 0 Å². The third kappa shape index (κ3) is 3.32. The zero-order chi connectivity index (χ0) is 13.8. The Morgan fingerprint density at radius 3 is 2.53 bits per heavy atom. The van der Waals surface area contributed by atoms with Gasteiger partial charge in [-0.2, -0.15) is 0 Å². The van der Waals surface area contributed by atoms with Gasteiger partial charge in [0.15, 0.2) is 0 Å². The first kappa shape index (κ1) is 14.4. The summed E-state index contributed by atoms with van der Waals surface area (Å²) in [6.07, 6.45) is 0. The molecule has 1 aromatic rings. The molecule has 2 rings (SSSR count). The summed E-state index contributed by atoms with van der Waals surface area (Å²) in [4.78, 5) is 4.74. The third-order valence-electron chi connectivity index (χ3n) is 4.04. The highest BCUT2D eigenvalue weighted by Gasteiger charge is 2.29. The van der Waals surface area contributed by atoms with Crippen LogP contribution in [0.3, 0.4) is 0 Å². The predicted octanol–water partition coefficient (Wildman–Crippen LogP) is 1.89. The molecular formula is C15H23FN2O. The van der Waals surface area contributed by atoms with Gasteiger partial charge in [-0.05, 0) is 31.2 Å². The minimum absolute atomic E-state index is 0.0328. The molecule has 0 saturated carbocycles. The molecule has 2 unspecified atom stereocenters. The molecule has 1 heterocycles. The summed E-state index contributed by atoms with van der Waals surface area (Å²) in [6, 6.07) is 6.84. The maximum Gasteiger partial charge on any atom is 0.123 e. The Morgan fingerprint density at radius 1 is 1.32 bits per heavy atom. The molecule has 1 aromatic carbocycles. The summed E-state index contributed by atoms with van der Waals surface area (Å²) in [5.74, 6) is -0.232. The van der Waals surface area contributed by atoms with Crippen LogP contribution >= 0.6 is 0 Å². The third-order valence-corrected chi connectivity index (χ3v) is 4.04. The molecular weight excluding hydrogens is 243 g/mol. The van der Waals surface area contributed by atoms with E-state index >= 15 is 0 Å².